The molecule has 0 aliphatic carbocycles. The van der Waals surface area contributed by atoms with E-state index in [0.717, 1.165) is 5.56 Å². The summed E-state index contributed by atoms with van der Waals surface area (Å²) >= 11 is 0. The fourth-order valence-corrected chi connectivity index (χ4v) is 1.85. The van der Waals surface area contributed by atoms with Gasteiger partial charge in [0, 0.05) is 7.05 Å². The van der Waals surface area contributed by atoms with Crippen LogP contribution in [0.5, 0.6) is 0 Å². The van der Waals surface area contributed by atoms with E-state index < -0.39 is 11.7 Å². The van der Waals surface area contributed by atoms with Gasteiger partial charge in [0.2, 0.25) is 0 Å². The molecular weight excluding hydrogens is 322 g/mol. The molecule has 0 spiro atoms. The summed E-state index contributed by atoms with van der Waals surface area (Å²) in [6.07, 6.45) is -0.221. The fraction of sp³-hybridized carbons (Fsp3) is 0.579. The van der Waals surface area contributed by atoms with E-state index in [1.165, 1.54) is 4.90 Å². The third-order valence-electron chi connectivity index (χ3n) is 3.39. The zero-order valence-corrected chi connectivity index (χ0v) is 15.8. The number of ether oxygens (including phenoxy) is 3. The molecule has 0 heterocycles. The summed E-state index contributed by atoms with van der Waals surface area (Å²) in [5.74, 6) is -0.308. The van der Waals surface area contributed by atoms with Crippen LogP contribution in [0.2, 0.25) is 0 Å². The van der Waals surface area contributed by atoms with Crippen LogP contribution in [0.25, 0.3) is 0 Å². The molecule has 1 amide bonds. The molecule has 0 saturated heterocycles. The molecule has 0 fully saturated rings. The smallest absolute Gasteiger partial charge is 0.410 e. The highest BCUT2D eigenvalue weighted by atomic mass is 16.6. The van der Waals surface area contributed by atoms with Gasteiger partial charge in [0.1, 0.15) is 12.2 Å². The molecule has 0 aromatic heterocycles. The van der Waals surface area contributed by atoms with Crippen molar-refractivity contribution in [1.29, 1.82) is 0 Å². The van der Waals surface area contributed by atoms with E-state index in [-0.39, 0.29) is 31.6 Å². The lowest BCUT2D eigenvalue weighted by atomic mass is 10.2. The molecule has 25 heavy (non-hydrogen) atoms. The molecule has 0 bridgehead atoms. The number of hydrogen-bond donors (Lipinski definition) is 0. The Morgan fingerprint density at radius 2 is 1.80 bits per heavy atom. The van der Waals surface area contributed by atoms with Gasteiger partial charge in [-0.2, -0.15) is 0 Å². The first-order valence-electron chi connectivity index (χ1n) is 8.42. The highest BCUT2D eigenvalue weighted by Gasteiger charge is 2.22. The predicted molar refractivity (Wildman–Crippen MR) is 95.1 cm³/mol. The Balaban J connectivity index is 2.19. The third-order valence-corrected chi connectivity index (χ3v) is 3.39. The zero-order chi connectivity index (χ0) is 18.9. The molecule has 0 N–H and O–H groups in total. The summed E-state index contributed by atoms with van der Waals surface area (Å²) < 4.78 is 15.9. The molecule has 0 saturated carbocycles. The first kappa shape index (κ1) is 21.0. The van der Waals surface area contributed by atoms with Crippen molar-refractivity contribution in [1.82, 2.24) is 4.90 Å². The molecule has 1 aromatic carbocycles. The van der Waals surface area contributed by atoms with Crippen LogP contribution in [-0.4, -0.2) is 48.9 Å². The van der Waals surface area contributed by atoms with Gasteiger partial charge in [-0.1, -0.05) is 30.3 Å². The van der Waals surface area contributed by atoms with E-state index in [9.17, 15) is 9.59 Å². The van der Waals surface area contributed by atoms with Crippen LogP contribution in [0, 0.1) is 0 Å². The van der Waals surface area contributed by atoms with Crippen LogP contribution in [-0.2, 0) is 25.6 Å². The molecule has 140 valence electrons. The second-order valence-electron chi connectivity index (χ2n) is 6.91. The van der Waals surface area contributed by atoms with Crippen molar-refractivity contribution in [3.63, 3.8) is 0 Å². The SMILES string of the molecule is C[C@@H](COCCC(=O)OCc1ccccc1)N(C)C(=O)OC(C)(C)C. The molecule has 1 atom stereocenters. The molecule has 6 heteroatoms. The predicted octanol–water partition coefficient (Wildman–Crippen LogP) is 3.39. The minimum Gasteiger partial charge on any atom is -0.461 e. The van der Waals surface area contributed by atoms with Gasteiger partial charge in [-0.15, -0.1) is 0 Å². The molecule has 0 aliphatic heterocycles. The van der Waals surface area contributed by atoms with E-state index >= 15 is 0 Å². The van der Waals surface area contributed by atoms with Crippen LogP contribution in [0.15, 0.2) is 30.3 Å². The number of rotatable bonds is 8. The van der Waals surface area contributed by atoms with Crippen LogP contribution in [0.4, 0.5) is 4.79 Å². The van der Waals surface area contributed by atoms with Gasteiger partial charge in [0.15, 0.2) is 0 Å². The Hall–Kier alpha value is -2.08. The lowest BCUT2D eigenvalue weighted by Crippen LogP contribution is -2.41. The number of nitrogens with zero attached hydrogens (tertiary/aromatic N) is 1. The molecular formula is C19H29NO5. The lowest BCUT2D eigenvalue weighted by Gasteiger charge is -2.28. The first-order chi connectivity index (χ1) is 11.7. The average Bonchev–Trinajstić information content (AvgIpc) is 2.55. The number of amides is 1. The van der Waals surface area contributed by atoms with Gasteiger partial charge >= 0.3 is 12.1 Å². The highest BCUT2D eigenvalue weighted by Crippen LogP contribution is 2.11. The molecule has 6 nitrogen and oxygen atoms in total. The molecule has 1 aromatic rings. The van der Waals surface area contributed by atoms with Crippen molar-refractivity contribution in [2.75, 3.05) is 20.3 Å². The van der Waals surface area contributed by atoms with E-state index in [4.69, 9.17) is 14.2 Å². The third kappa shape index (κ3) is 9.10. The number of carbonyl (C=O) groups excluding carboxylic acids is 2. The maximum atomic E-state index is 11.9. The standard InChI is InChI=1S/C19H29NO5/c1-15(20(5)18(22)25-19(2,3)4)13-23-12-11-17(21)24-14-16-9-7-6-8-10-16/h6-10,15H,11-14H2,1-5H3/t15-/m0/s1. The zero-order valence-electron chi connectivity index (χ0n) is 15.8. The van der Waals surface area contributed by atoms with Crippen LogP contribution < -0.4 is 0 Å². The normalized spacial score (nSPS) is 12.4. The van der Waals surface area contributed by atoms with Crippen LogP contribution in [0.3, 0.4) is 0 Å². The summed E-state index contributed by atoms with van der Waals surface area (Å²) in [7, 11) is 1.66. The lowest BCUT2D eigenvalue weighted by molar-refractivity contribution is -0.146. The van der Waals surface area contributed by atoms with Crippen molar-refractivity contribution >= 4 is 12.1 Å². The second-order valence-corrected chi connectivity index (χ2v) is 6.91. The van der Waals surface area contributed by atoms with Crippen molar-refractivity contribution < 1.29 is 23.8 Å². The number of esters is 1. The van der Waals surface area contributed by atoms with Gasteiger partial charge in [0.05, 0.1) is 25.7 Å². The first-order valence-corrected chi connectivity index (χ1v) is 8.42. The van der Waals surface area contributed by atoms with Gasteiger partial charge < -0.3 is 19.1 Å². The minimum atomic E-state index is -0.533. The monoisotopic (exact) mass is 351 g/mol. The Morgan fingerprint density at radius 1 is 1.16 bits per heavy atom. The second kappa shape index (κ2) is 10.0. The van der Waals surface area contributed by atoms with Crippen molar-refractivity contribution in [3.05, 3.63) is 35.9 Å². The van der Waals surface area contributed by atoms with E-state index in [1.807, 2.05) is 58.0 Å². The summed E-state index contributed by atoms with van der Waals surface area (Å²) in [5.41, 5.74) is 0.415. The van der Waals surface area contributed by atoms with Crippen molar-refractivity contribution in [2.45, 2.75) is 52.4 Å². The van der Waals surface area contributed by atoms with Gasteiger partial charge in [0.25, 0.3) is 0 Å². The van der Waals surface area contributed by atoms with Crippen LogP contribution in [0.1, 0.15) is 39.7 Å². The van der Waals surface area contributed by atoms with E-state index in [1.54, 1.807) is 7.05 Å². The van der Waals surface area contributed by atoms with Gasteiger partial charge in [-0.25, -0.2) is 4.79 Å². The minimum absolute atomic E-state index is 0.157. The van der Waals surface area contributed by atoms with E-state index in [2.05, 4.69) is 0 Å². The Bertz CT molecular complexity index is 538. The van der Waals surface area contributed by atoms with Crippen LogP contribution >= 0.6 is 0 Å². The quantitative estimate of drug-likeness (QED) is 0.530. The number of likely N-dealkylation sites (N-methyl/N-ethyl adjacent to an activating group) is 1. The molecule has 1 rings (SSSR count). The fourth-order valence-electron chi connectivity index (χ4n) is 1.85. The summed E-state index contributed by atoms with van der Waals surface area (Å²) in [6.45, 7) is 8.15. The Morgan fingerprint density at radius 3 is 2.40 bits per heavy atom. The summed E-state index contributed by atoms with van der Waals surface area (Å²) in [5, 5.41) is 0. The Labute approximate surface area is 150 Å². The maximum Gasteiger partial charge on any atom is 0.410 e. The number of carbonyl (C=O) groups is 2. The largest absolute Gasteiger partial charge is 0.461 e. The molecule has 0 unspecified atom stereocenters. The van der Waals surface area contributed by atoms with Gasteiger partial charge in [-0.05, 0) is 33.3 Å². The molecule has 0 aliphatic rings. The topological polar surface area (TPSA) is 65.1 Å². The maximum absolute atomic E-state index is 11.9. The molecule has 0 radical (unpaired) electrons. The summed E-state index contributed by atoms with van der Waals surface area (Å²) in [4.78, 5) is 25.1. The van der Waals surface area contributed by atoms with Gasteiger partial charge in [-0.3, -0.25) is 4.79 Å². The number of hydrogen-bond acceptors (Lipinski definition) is 5. The highest BCUT2D eigenvalue weighted by molar-refractivity contribution is 5.69. The van der Waals surface area contributed by atoms with Crippen molar-refractivity contribution in [2.24, 2.45) is 0 Å². The number of benzene rings is 1. The van der Waals surface area contributed by atoms with Crippen molar-refractivity contribution in [3.8, 4) is 0 Å². The van der Waals surface area contributed by atoms with E-state index in [0.29, 0.717) is 6.61 Å². The Kier molecular flexibility index (Phi) is 8.41. The average molecular weight is 351 g/mol. The summed E-state index contributed by atoms with van der Waals surface area (Å²) in [6, 6.07) is 9.35.